The maximum absolute atomic E-state index is 5.50. The van der Waals surface area contributed by atoms with Crippen LogP contribution >= 0.6 is 0 Å². The number of ether oxygens (including phenoxy) is 1. The maximum Gasteiger partial charge on any atom is 0.0572 e. The van der Waals surface area contributed by atoms with Gasteiger partial charge in [-0.3, -0.25) is 4.90 Å². The highest BCUT2D eigenvalue weighted by Crippen LogP contribution is 2.44. The molecule has 0 aromatic carbocycles. The van der Waals surface area contributed by atoms with Crippen molar-refractivity contribution < 1.29 is 4.74 Å². The zero-order chi connectivity index (χ0) is 12.8. The van der Waals surface area contributed by atoms with Gasteiger partial charge in [0.15, 0.2) is 0 Å². The van der Waals surface area contributed by atoms with Gasteiger partial charge in [-0.15, -0.1) is 0 Å². The van der Waals surface area contributed by atoms with Gasteiger partial charge in [-0.25, -0.2) is 0 Å². The predicted octanol–water partition coefficient (Wildman–Crippen LogP) is 1.87. The van der Waals surface area contributed by atoms with Crippen molar-refractivity contribution in [3.05, 3.63) is 0 Å². The lowest BCUT2D eigenvalue weighted by Gasteiger charge is -2.43. The van der Waals surface area contributed by atoms with E-state index in [4.69, 9.17) is 4.74 Å². The molecule has 18 heavy (non-hydrogen) atoms. The lowest BCUT2D eigenvalue weighted by Crippen LogP contribution is -2.51. The van der Waals surface area contributed by atoms with E-state index in [2.05, 4.69) is 24.1 Å². The summed E-state index contributed by atoms with van der Waals surface area (Å²) in [5, 5.41) is 3.57. The normalized spacial score (nSPS) is 44.2. The molecule has 3 nitrogen and oxygen atoms in total. The molecule has 2 atom stereocenters. The molecular weight excluding hydrogens is 224 g/mol. The number of fused-ring (bicyclic) bond motifs is 1. The number of nitrogens with one attached hydrogen (secondary N) is 1. The van der Waals surface area contributed by atoms with Crippen LogP contribution in [0.5, 0.6) is 0 Å². The molecule has 3 fully saturated rings. The standard InChI is InChI=1S/C15H28N2O/c1-15(2)14-9-16-8-11(14)10-17(15)12-4-6-13(18-3)7-5-12/h11-14,16H,4-10H2,1-3H3. The molecule has 3 heteroatoms. The van der Waals surface area contributed by atoms with Crippen molar-refractivity contribution in [2.24, 2.45) is 11.8 Å². The van der Waals surface area contributed by atoms with Crippen LogP contribution in [-0.2, 0) is 4.74 Å². The highest BCUT2D eigenvalue weighted by Gasteiger charge is 2.51. The molecule has 0 spiro atoms. The molecule has 1 saturated carbocycles. The second-order valence-corrected chi connectivity index (χ2v) is 7.00. The zero-order valence-electron chi connectivity index (χ0n) is 12.1. The van der Waals surface area contributed by atoms with Gasteiger partial charge >= 0.3 is 0 Å². The van der Waals surface area contributed by atoms with E-state index in [9.17, 15) is 0 Å². The molecule has 0 amide bonds. The smallest absolute Gasteiger partial charge is 0.0572 e. The van der Waals surface area contributed by atoms with Crippen molar-refractivity contribution in [1.29, 1.82) is 0 Å². The van der Waals surface area contributed by atoms with Crippen molar-refractivity contribution in [2.75, 3.05) is 26.7 Å². The summed E-state index contributed by atoms with van der Waals surface area (Å²) in [5.74, 6) is 1.75. The largest absolute Gasteiger partial charge is 0.381 e. The molecule has 3 aliphatic rings. The molecular formula is C15H28N2O. The van der Waals surface area contributed by atoms with E-state index in [-0.39, 0.29) is 0 Å². The zero-order valence-corrected chi connectivity index (χ0v) is 12.1. The second kappa shape index (κ2) is 4.77. The molecule has 3 rings (SSSR count). The van der Waals surface area contributed by atoms with Crippen LogP contribution in [0.4, 0.5) is 0 Å². The third-order valence-electron chi connectivity index (χ3n) is 5.84. The second-order valence-electron chi connectivity index (χ2n) is 7.00. The fourth-order valence-corrected chi connectivity index (χ4v) is 4.66. The van der Waals surface area contributed by atoms with Crippen molar-refractivity contribution >= 4 is 0 Å². The monoisotopic (exact) mass is 252 g/mol. The summed E-state index contributed by atoms with van der Waals surface area (Å²) in [6.45, 7) is 8.70. The first kappa shape index (κ1) is 12.9. The third-order valence-corrected chi connectivity index (χ3v) is 5.84. The van der Waals surface area contributed by atoms with Crippen molar-refractivity contribution in [2.45, 2.75) is 57.2 Å². The topological polar surface area (TPSA) is 24.5 Å². The van der Waals surface area contributed by atoms with Crippen LogP contribution in [0.3, 0.4) is 0 Å². The summed E-state index contributed by atoms with van der Waals surface area (Å²) in [7, 11) is 1.86. The molecule has 2 unspecified atom stereocenters. The summed E-state index contributed by atoms with van der Waals surface area (Å²) in [6.07, 6.45) is 5.68. The number of hydrogen-bond acceptors (Lipinski definition) is 3. The van der Waals surface area contributed by atoms with Gasteiger partial charge in [0, 0.05) is 31.8 Å². The fraction of sp³-hybridized carbons (Fsp3) is 1.00. The van der Waals surface area contributed by atoms with Gasteiger partial charge in [0.05, 0.1) is 6.10 Å². The SMILES string of the molecule is COC1CCC(N2CC3CNCC3C2(C)C)CC1. The van der Waals surface area contributed by atoms with Gasteiger partial charge in [-0.2, -0.15) is 0 Å². The number of rotatable bonds is 2. The molecule has 2 aliphatic heterocycles. The minimum atomic E-state index is 0.388. The van der Waals surface area contributed by atoms with Gasteiger partial charge in [0.2, 0.25) is 0 Å². The fourth-order valence-electron chi connectivity index (χ4n) is 4.66. The number of nitrogens with zero attached hydrogens (tertiary/aromatic N) is 1. The van der Waals surface area contributed by atoms with E-state index < -0.39 is 0 Å². The van der Waals surface area contributed by atoms with E-state index in [1.54, 1.807) is 0 Å². The van der Waals surface area contributed by atoms with Crippen LogP contribution < -0.4 is 5.32 Å². The Hall–Kier alpha value is -0.120. The van der Waals surface area contributed by atoms with E-state index in [0.29, 0.717) is 11.6 Å². The molecule has 2 heterocycles. The highest BCUT2D eigenvalue weighted by atomic mass is 16.5. The average molecular weight is 252 g/mol. The van der Waals surface area contributed by atoms with Crippen LogP contribution in [0.1, 0.15) is 39.5 Å². The van der Waals surface area contributed by atoms with Gasteiger partial charge in [0.1, 0.15) is 0 Å². The minimum Gasteiger partial charge on any atom is -0.381 e. The summed E-state index contributed by atoms with van der Waals surface area (Å²) in [5.41, 5.74) is 0.388. The van der Waals surface area contributed by atoms with Gasteiger partial charge in [-0.05, 0) is 57.9 Å². The van der Waals surface area contributed by atoms with E-state index in [1.807, 2.05) is 7.11 Å². The molecule has 1 aliphatic carbocycles. The van der Waals surface area contributed by atoms with Crippen molar-refractivity contribution in [1.82, 2.24) is 10.2 Å². The molecule has 0 aromatic heterocycles. The molecule has 2 saturated heterocycles. The minimum absolute atomic E-state index is 0.388. The molecule has 1 N–H and O–H groups in total. The first-order valence-corrected chi connectivity index (χ1v) is 7.63. The lowest BCUT2D eigenvalue weighted by atomic mass is 9.83. The summed E-state index contributed by atoms with van der Waals surface area (Å²) < 4.78 is 5.50. The van der Waals surface area contributed by atoms with E-state index in [1.165, 1.54) is 45.3 Å². The molecule has 0 bridgehead atoms. The first-order valence-electron chi connectivity index (χ1n) is 7.63. The average Bonchev–Trinajstić information content (AvgIpc) is 2.92. The highest BCUT2D eigenvalue weighted by molar-refractivity contribution is 5.06. The first-order chi connectivity index (χ1) is 8.63. The Morgan fingerprint density at radius 3 is 2.44 bits per heavy atom. The predicted molar refractivity (Wildman–Crippen MR) is 73.7 cm³/mol. The Bertz CT molecular complexity index is 297. The number of methoxy groups -OCH3 is 1. The Morgan fingerprint density at radius 1 is 1.11 bits per heavy atom. The number of hydrogen-bond donors (Lipinski definition) is 1. The molecule has 104 valence electrons. The van der Waals surface area contributed by atoms with E-state index in [0.717, 1.165) is 17.9 Å². The maximum atomic E-state index is 5.50. The molecule has 0 aromatic rings. The summed E-state index contributed by atoms with van der Waals surface area (Å²) >= 11 is 0. The van der Waals surface area contributed by atoms with Gasteiger partial charge < -0.3 is 10.1 Å². The Kier molecular flexibility index (Phi) is 3.41. The quantitative estimate of drug-likeness (QED) is 0.812. The third kappa shape index (κ3) is 2.00. The van der Waals surface area contributed by atoms with Crippen LogP contribution in [0, 0.1) is 11.8 Å². The molecule has 0 radical (unpaired) electrons. The van der Waals surface area contributed by atoms with Crippen LogP contribution in [0.2, 0.25) is 0 Å². The Labute approximate surface area is 111 Å². The Morgan fingerprint density at radius 2 is 1.83 bits per heavy atom. The lowest BCUT2D eigenvalue weighted by molar-refractivity contribution is 0.0137. The number of likely N-dealkylation sites (tertiary alicyclic amines) is 1. The van der Waals surface area contributed by atoms with Gasteiger partial charge in [0.25, 0.3) is 0 Å². The van der Waals surface area contributed by atoms with Crippen molar-refractivity contribution in [3.8, 4) is 0 Å². The Balaban J connectivity index is 1.66. The summed E-state index contributed by atoms with van der Waals surface area (Å²) in [6, 6.07) is 0.803. The van der Waals surface area contributed by atoms with E-state index >= 15 is 0 Å². The van der Waals surface area contributed by atoms with Crippen LogP contribution in [0.25, 0.3) is 0 Å². The van der Waals surface area contributed by atoms with Crippen LogP contribution in [-0.4, -0.2) is 49.3 Å². The van der Waals surface area contributed by atoms with Crippen LogP contribution in [0.15, 0.2) is 0 Å². The summed E-state index contributed by atoms with van der Waals surface area (Å²) in [4.78, 5) is 2.83. The van der Waals surface area contributed by atoms with Crippen molar-refractivity contribution in [3.63, 3.8) is 0 Å². The van der Waals surface area contributed by atoms with Gasteiger partial charge in [-0.1, -0.05) is 0 Å².